The molecule has 3 rings (SSSR count). The molecule has 1 saturated heterocycles. The molecule has 1 fully saturated rings. The Hall–Kier alpha value is -3.18. The summed E-state index contributed by atoms with van der Waals surface area (Å²) in [5.41, 5.74) is 0.624. The zero-order chi connectivity index (χ0) is 20.1. The summed E-state index contributed by atoms with van der Waals surface area (Å²) in [5.74, 6) is 0.648. The van der Waals surface area contributed by atoms with Gasteiger partial charge in [-0.1, -0.05) is 11.6 Å². The van der Waals surface area contributed by atoms with Crippen LogP contribution in [0.5, 0.6) is 0 Å². The van der Waals surface area contributed by atoms with E-state index in [1.807, 2.05) is 0 Å². The maximum absolute atomic E-state index is 12.3. The second kappa shape index (κ2) is 8.67. The Labute approximate surface area is 166 Å². The van der Waals surface area contributed by atoms with Gasteiger partial charge in [-0.05, 0) is 37.0 Å². The highest BCUT2D eigenvalue weighted by Gasteiger charge is 2.23. The van der Waals surface area contributed by atoms with Crippen LogP contribution in [0.2, 0.25) is 5.02 Å². The first-order valence-electron chi connectivity index (χ1n) is 8.82. The highest BCUT2D eigenvalue weighted by molar-refractivity contribution is 6.34. The van der Waals surface area contributed by atoms with Crippen LogP contribution in [-0.2, 0) is 0 Å². The molecular weight excluding hydrogens is 382 g/mol. The predicted molar refractivity (Wildman–Crippen MR) is 104 cm³/mol. The van der Waals surface area contributed by atoms with Gasteiger partial charge in [-0.2, -0.15) is 5.26 Å². The fourth-order valence-corrected chi connectivity index (χ4v) is 3.48. The van der Waals surface area contributed by atoms with Gasteiger partial charge in [0.05, 0.1) is 21.1 Å². The first-order chi connectivity index (χ1) is 13.5. The molecule has 0 atom stereocenters. The molecule has 1 aliphatic heterocycles. The van der Waals surface area contributed by atoms with Crippen LogP contribution < -0.4 is 10.2 Å². The molecule has 1 aliphatic rings. The smallest absolute Gasteiger partial charge is 0.270 e. The summed E-state index contributed by atoms with van der Waals surface area (Å²) in [7, 11) is 0. The Morgan fingerprint density at radius 1 is 1.39 bits per heavy atom. The molecule has 9 heteroatoms. The number of nitrogens with zero attached hydrogens (tertiary/aromatic N) is 4. The van der Waals surface area contributed by atoms with Gasteiger partial charge in [-0.3, -0.25) is 14.9 Å². The van der Waals surface area contributed by atoms with Gasteiger partial charge in [0.1, 0.15) is 11.9 Å². The van der Waals surface area contributed by atoms with Gasteiger partial charge in [0, 0.05) is 38.0 Å². The van der Waals surface area contributed by atoms with Gasteiger partial charge >= 0.3 is 0 Å². The number of halogens is 1. The van der Waals surface area contributed by atoms with Crippen LogP contribution in [0.15, 0.2) is 36.5 Å². The second-order valence-corrected chi connectivity index (χ2v) is 6.96. The van der Waals surface area contributed by atoms with Crippen molar-refractivity contribution in [2.45, 2.75) is 12.8 Å². The van der Waals surface area contributed by atoms with E-state index in [2.05, 4.69) is 21.3 Å². The van der Waals surface area contributed by atoms with Crippen LogP contribution >= 0.6 is 11.6 Å². The maximum atomic E-state index is 12.3. The lowest BCUT2D eigenvalue weighted by Crippen LogP contribution is -2.39. The number of anilines is 1. The number of amides is 1. The second-order valence-electron chi connectivity index (χ2n) is 6.55. The topological polar surface area (TPSA) is 112 Å². The first-order valence-corrected chi connectivity index (χ1v) is 9.19. The van der Waals surface area contributed by atoms with E-state index in [9.17, 15) is 20.2 Å². The number of rotatable bonds is 5. The van der Waals surface area contributed by atoms with Crippen molar-refractivity contribution in [3.05, 3.63) is 62.8 Å². The molecule has 0 aliphatic carbocycles. The number of hydrogen-bond acceptors (Lipinski definition) is 6. The van der Waals surface area contributed by atoms with Crippen LogP contribution in [0.4, 0.5) is 11.5 Å². The van der Waals surface area contributed by atoms with E-state index in [0.29, 0.717) is 23.8 Å². The van der Waals surface area contributed by atoms with Crippen molar-refractivity contribution in [2.24, 2.45) is 5.92 Å². The zero-order valence-corrected chi connectivity index (χ0v) is 15.7. The number of nitriles is 1. The molecule has 0 bridgehead atoms. The molecule has 1 aromatic heterocycles. The third kappa shape index (κ3) is 4.38. The molecule has 0 unspecified atom stereocenters. The van der Waals surface area contributed by atoms with Crippen molar-refractivity contribution in [2.75, 3.05) is 24.5 Å². The monoisotopic (exact) mass is 399 g/mol. The third-order valence-electron chi connectivity index (χ3n) is 4.78. The number of aromatic nitrogens is 1. The molecule has 28 heavy (non-hydrogen) atoms. The molecule has 1 aromatic carbocycles. The number of carbonyl (C=O) groups is 1. The standard InChI is InChI=1S/C19H18ClN5O3/c20-17-10-15(25(27)28)3-4-16(17)19(26)23-12-13-5-8-24(9-6-13)18-14(11-21)2-1-7-22-18/h1-4,7,10,13H,5-6,8-9,12H2,(H,23,26). The first kappa shape index (κ1) is 19.6. The number of nitro groups is 1. The van der Waals surface area contributed by atoms with Crippen LogP contribution in [0.25, 0.3) is 0 Å². The van der Waals surface area contributed by atoms with Gasteiger partial charge < -0.3 is 10.2 Å². The van der Waals surface area contributed by atoms with E-state index in [-0.39, 0.29) is 22.2 Å². The lowest BCUT2D eigenvalue weighted by Gasteiger charge is -2.33. The Bertz CT molecular complexity index is 935. The maximum Gasteiger partial charge on any atom is 0.270 e. The summed E-state index contributed by atoms with van der Waals surface area (Å²) in [6.07, 6.45) is 3.39. The van der Waals surface area contributed by atoms with E-state index >= 15 is 0 Å². The third-order valence-corrected chi connectivity index (χ3v) is 5.09. The van der Waals surface area contributed by atoms with Crippen molar-refractivity contribution < 1.29 is 9.72 Å². The molecule has 0 radical (unpaired) electrons. The predicted octanol–water partition coefficient (Wildman–Crippen LogP) is 3.16. The average Bonchev–Trinajstić information content (AvgIpc) is 2.72. The molecule has 8 nitrogen and oxygen atoms in total. The van der Waals surface area contributed by atoms with E-state index in [1.54, 1.807) is 18.3 Å². The Balaban J connectivity index is 1.54. The summed E-state index contributed by atoms with van der Waals surface area (Å²) in [5, 5.41) is 22.9. The number of benzene rings is 1. The minimum atomic E-state index is -0.555. The van der Waals surface area contributed by atoms with Crippen LogP contribution in [0, 0.1) is 27.4 Å². The SMILES string of the molecule is N#Cc1cccnc1N1CCC(CNC(=O)c2ccc([N+](=O)[O-])cc2Cl)CC1. The summed E-state index contributed by atoms with van der Waals surface area (Å²) >= 11 is 6.00. The minimum Gasteiger partial charge on any atom is -0.356 e. The fourth-order valence-electron chi connectivity index (χ4n) is 3.22. The normalized spacial score (nSPS) is 14.4. The van der Waals surface area contributed by atoms with Gasteiger partial charge in [0.2, 0.25) is 0 Å². The summed E-state index contributed by atoms with van der Waals surface area (Å²) in [6, 6.07) is 9.46. The quantitative estimate of drug-likeness (QED) is 0.610. The van der Waals surface area contributed by atoms with E-state index in [1.165, 1.54) is 18.2 Å². The van der Waals surface area contributed by atoms with E-state index < -0.39 is 4.92 Å². The molecule has 0 saturated carbocycles. The number of nitro benzene ring substituents is 1. The number of nitrogens with one attached hydrogen (secondary N) is 1. The van der Waals surface area contributed by atoms with Crippen molar-refractivity contribution in [3.63, 3.8) is 0 Å². The Kier molecular flexibility index (Phi) is 6.06. The molecule has 2 aromatic rings. The molecule has 2 heterocycles. The molecule has 1 N–H and O–H groups in total. The van der Waals surface area contributed by atoms with Gasteiger partial charge in [-0.25, -0.2) is 4.98 Å². The van der Waals surface area contributed by atoms with Crippen molar-refractivity contribution >= 4 is 29.0 Å². The Morgan fingerprint density at radius 2 is 2.14 bits per heavy atom. The molecule has 0 spiro atoms. The molecular formula is C19H18ClN5O3. The van der Waals surface area contributed by atoms with Gasteiger partial charge in [-0.15, -0.1) is 0 Å². The highest BCUT2D eigenvalue weighted by Crippen LogP contribution is 2.25. The number of piperidine rings is 1. The van der Waals surface area contributed by atoms with E-state index in [0.717, 1.165) is 25.9 Å². The lowest BCUT2D eigenvalue weighted by atomic mass is 9.96. The highest BCUT2D eigenvalue weighted by atomic mass is 35.5. The number of pyridine rings is 1. The fraction of sp³-hybridized carbons (Fsp3) is 0.316. The van der Waals surface area contributed by atoms with Crippen molar-refractivity contribution in [3.8, 4) is 6.07 Å². The number of hydrogen-bond donors (Lipinski definition) is 1. The van der Waals surface area contributed by atoms with Crippen LogP contribution in [0.1, 0.15) is 28.8 Å². The average molecular weight is 400 g/mol. The van der Waals surface area contributed by atoms with Crippen molar-refractivity contribution in [1.82, 2.24) is 10.3 Å². The minimum absolute atomic E-state index is 0.0562. The Morgan fingerprint density at radius 3 is 2.79 bits per heavy atom. The van der Waals surface area contributed by atoms with Gasteiger partial charge in [0.25, 0.3) is 11.6 Å². The summed E-state index contributed by atoms with van der Waals surface area (Å²) in [6.45, 7) is 2.00. The lowest BCUT2D eigenvalue weighted by molar-refractivity contribution is -0.384. The van der Waals surface area contributed by atoms with Crippen LogP contribution in [-0.4, -0.2) is 35.4 Å². The van der Waals surface area contributed by atoms with Gasteiger partial charge in [0.15, 0.2) is 0 Å². The molecule has 144 valence electrons. The number of non-ortho nitro benzene ring substituents is 1. The number of carbonyl (C=O) groups excluding carboxylic acids is 1. The van der Waals surface area contributed by atoms with E-state index in [4.69, 9.17) is 11.6 Å². The summed E-state index contributed by atoms with van der Waals surface area (Å²) in [4.78, 5) is 28.9. The van der Waals surface area contributed by atoms with Crippen LogP contribution in [0.3, 0.4) is 0 Å². The summed E-state index contributed by atoms with van der Waals surface area (Å²) < 4.78 is 0. The molecule has 1 amide bonds. The largest absolute Gasteiger partial charge is 0.356 e. The zero-order valence-electron chi connectivity index (χ0n) is 15.0. The van der Waals surface area contributed by atoms with Crippen molar-refractivity contribution in [1.29, 1.82) is 5.26 Å².